The summed E-state index contributed by atoms with van der Waals surface area (Å²) in [5.74, 6) is -1.40. The number of nitrogens with zero attached hydrogens (tertiary/aromatic N) is 1. The number of carboxylic acid groups (broad SMARTS) is 1. The van der Waals surface area contributed by atoms with E-state index in [2.05, 4.69) is 5.32 Å². The van der Waals surface area contributed by atoms with Gasteiger partial charge in [-0.05, 0) is 30.3 Å². The Morgan fingerprint density at radius 2 is 1.74 bits per heavy atom. The van der Waals surface area contributed by atoms with Gasteiger partial charge in [0.1, 0.15) is 0 Å². The molecule has 0 aromatic heterocycles. The second-order valence-corrected chi connectivity index (χ2v) is 4.49. The molecule has 0 amide bonds. The van der Waals surface area contributed by atoms with Gasteiger partial charge in [-0.15, -0.1) is 0 Å². The highest BCUT2D eigenvalue weighted by Gasteiger charge is 2.30. The zero-order chi connectivity index (χ0) is 17.2. The van der Waals surface area contributed by atoms with Crippen molar-refractivity contribution in [2.24, 2.45) is 0 Å². The first-order valence-electron chi connectivity index (χ1n) is 6.14. The predicted octanol–water partition coefficient (Wildman–Crippen LogP) is 4.06. The molecule has 0 spiro atoms. The van der Waals surface area contributed by atoms with E-state index in [4.69, 9.17) is 5.11 Å². The predicted molar refractivity (Wildman–Crippen MR) is 74.8 cm³/mol. The van der Waals surface area contributed by atoms with Crippen LogP contribution in [0.3, 0.4) is 0 Å². The summed E-state index contributed by atoms with van der Waals surface area (Å²) in [4.78, 5) is 21.1. The summed E-state index contributed by atoms with van der Waals surface area (Å²) in [6.07, 6.45) is -4.47. The van der Waals surface area contributed by atoms with E-state index in [1.165, 1.54) is 6.07 Å². The third-order valence-corrected chi connectivity index (χ3v) is 2.94. The maximum absolute atomic E-state index is 12.5. The first kappa shape index (κ1) is 16.3. The number of aromatic carboxylic acids is 1. The number of alkyl halides is 3. The molecule has 0 aliphatic rings. The maximum Gasteiger partial charge on any atom is 0.416 e. The molecule has 120 valence electrons. The van der Waals surface area contributed by atoms with Crippen LogP contribution in [-0.4, -0.2) is 16.0 Å². The number of rotatable bonds is 4. The van der Waals surface area contributed by atoms with Crippen LogP contribution in [0, 0.1) is 10.1 Å². The van der Waals surface area contributed by atoms with Crippen molar-refractivity contribution in [3.8, 4) is 0 Å². The van der Waals surface area contributed by atoms with Crippen molar-refractivity contribution in [2.45, 2.75) is 6.18 Å². The molecule has 0 saturated carbocycles. The molecule has 23 heavy (non-hydrogen) atoms. The summed E-state index contributed by atoms with van der Waals surface area (Å²) in [5.41, 5.74) is -1.36. The van der Waals surface area contributed by atoms with Crippen molar-refractivity contribution in [1.29, 1.82) is 0 Å². The van der Waals surface area contributed by atoms with Crippen LogP contribution in [0.5, 0.6) is 0 Å². The Morgan fingerprint density at radius 3 is 2.22 bits per heavy atom. The van der Waals surface area contributed by atoms with Crippen LogP contribution in [0.25, 0.3) is 0 Å². The molecule has 0 heterocycles. The number of hydrogen-bond acceptors (Lipinski definition) is 4. The summed E-state index contributed by atoms with van der Waals surface area (Å²) in [6, 6.07) is 7.10. The molecule has 2 N–H and O–H groups in total. The number of carbonyl (C=O) groups is 1. The quantitative estimate of drug-likeness (QED) is 0.653. The number of anilines is 2. The summed E-state index contributed by atoms with van der Waals surface area (Å²) >= 11 is 0. The molecule has 2 aromatic rings. The minimum atomic E-state index is -4.47. The fourth-order valence-corrected chi connectivity index (χ4v) is 1.83. The minimum Gasteiger partial charge on any atom is -0.478 e. The van der Waals surface area contributed by atoms with Gasteiger partial charge in [0.25, 0.3) is 5.69 Å². The number of hydrogen-bond donors (Lipinski definition) is 2. The highest BCUT2D eigenvalue weighted by Crippen LogP contribution is 2.31. The number of nitro benzene ring substituents is 1. The summed E-state index contributed by atoms with van der Waals surface area (Å²) in [5, 5.41) is 22.4. The third kappa shape index (κ3) is 3.76. The van der Waals surface area contributed by atoms with Crippen LogP contribution in [0.2, 0.25) is 0 Å². The zero-order valence-corrected chi connectivity index (χ0v) is 11.3. The summed E-state index contributed by atoms with van der Waals surface area (Å²) < 4.78 is 37.4. The lowest BCUT2D eigenvalue weighted by atomic mass is 10.1. The smallest absolute Gasteiger partial charge is 0.416 e. The lowest BCUT2D eigenvalue weighted by Crippen LogP contribution is -2.06. The van der Waals surface area contributed by atoms with Gasteiger partial charge in [-0.1, -0.05) is 0 Å². The van der Waals surface area contributed by atoms with E-state index < -0.39 is 28.3 Å². The van der Waals surface area contributed by atoms with Crippen molar-refractivity contribution in [3.05, 3.63) is 63.7 Å². The Morgan fingerprint density at radius 1 is 1.13 bits per heavy atom. The van der Waals surface area contributed by atoms with Gasteiger partial charge >= 0.3 is 12.1 Å². The molecule has 0 bridgehead atoms. The van der Waals surface area contributed by atoms with Gasteiger partial charge in [-0.3, -0.25) is 10.1 Å². The molecular weight excluding hydrogens is 317 g/mol. The van der Waals surface area contributed by atoms with Gasteiger partial charge in [-0.25, -0.2) is 4.79 Å². The lowest BCUT2D eigenvalue weighted by molar-refractivity contribution is -0.384. The van der Waals surface area contributed by atoms with Gasteiger partial charge < -0.3 is 10.4 Å². The lowest BCUT2D eigenvalue weighted by Gasteiger charge is -2.11. The second-order valence-electron chi connectivity index (χ2n) is 4.49. The van der Waals surface area contributed by atoms with E-state index in [-0.39, 0.29) is 16.9 Å². The van der Waals surface area contributed by atoms with Crippen LogP contribution in [0.1, 0.15) is 15.9 Å². The third-order valence-electron chi connectivity index (χ3n) is 2.94. The molecule has 0 radical (unpaired) electrons. The molecule has 0 aliphatic carbocycles. The fraction of sp³-hybridized carbons (Fsp3) is 0.0714. The SMILES string of the molecule is O=C(O)c1cc([N+](=O)[O-])ccc1Nc1ccc(C(F)(F)F)cc1. The Bertz CT molecular complexity index is 758. The first-order chi connectivity index (χ1) is 10.7. The standard InChI is InChI=1S/C14H9F3N2O4/c15-14(16,17)8-1-3-9(4-2-8)18-12-6-5-10(19(22)23)7-11(12)13(20)21/h1-7,18H,(H,20,21). The largest absolute Gasteiger partial charge is 0.478 e. The number of non-ortho nitro benzene ring substituents is 1. The van der Waals surface area contributed by atoms with Crippen LogP contribution in [-0.2, 0) is 6.18 Å². The van der Waals surface area contributed by atoms with Crippen LogP contribution < -0.4 is 5.32 Å². The molecule has 0 fully saturated rings. The van der Waals surface area contributed by atoms with Gasteiger partial charge in [-0.2, -0.15) is 13.2 Å². The summed E-state index contributed by atoms with van der Waals surface area (Å²) in [6.45, 7) is 0. The monoisotopic (exact) mass is 326 g/mol. The van der Waals surface area contributed by atoms with Crippen LogP contribution in [0.15, 0.2) is 42.5 Å². The molecule has 9 heteroatoms. The molecule has 2 aromatic carbocycles. The Hall–Kier alpha value is -3.10. The van der Waals surface area contributed by atoms with E-state index in [1.54, 1.807) is 0 Å². The zero-order valence-electron chi connectivity index (χ0n) is 11.3. The van der Waals surface area contributed by atoms with Crippen LogP contribution >= 0.6 is 0 Å². The Kier molecular flexibility index (Phi) is 4.21. The molecule has 2 rings (SSSR count). The maximum atomic E-state index is 12.5. The molecule has 0 atom stereocenters. The van der Waals surface area contributed by atoms with Crippen molar-refractivity contribution in [3.63, 3.8) is 0 Å². The number of nitro groups is 1. The number of carboxylic acids is 1. The number of nitrogens with one attached hydrogen (secondary N) is 1. The van der Waals surface area contributed by atoms with E-state index in [1.807, 2.05) is 0 Å². The highest BCUT2D eigenvalue weighted by atomic mass is 19.4. The second kappa shape index (κ2) is 5.95. The van der Waals surface area contributed by atoms with E-state index in [0.717, 1.165) is 36.4 Å². The van der Waals surface area contributed by atoms with E-state index in [0.29, 0.717) is 0 Å². The minimum absolute atomic E-state index is 0.0304. The van der Waals surface area contributed by atoms with E-state index >= 15 is 0 Å². The molecular formula is C14H9F3N2O4. The average Bonchev–Trinajstić information content (AvgIpc) is 2.46. The average molecular weight is 326 g/mol. The van der Waals surface area contributed by atoms with Gasteiger partial charge in [0.15, 0.2) is 0 Å². The number of halogens is 3. The highest BCUT2D eigenvalue weighted by molar-refractivity contribution is 5.96. The normalized spacial score (nSPS) is 11.1. The topological polar surface area (TPSA) is 92.5 Å². The first-order valence-corrected chi connectivity index (χ1v) is 6.14. The summed E-state index contributed by atoms with van der Waals surface area (Å²) in [7, 11) is 0. The number of benzene rings is 2. The molecule has 6 nitrogen and oxygen atoms in total. The van der Waals surface area contributed by atoms with Crippen molar-refractivity contribution in [1.82, 2.24) is 0 Å². The Balaban J connectivity index is 2.32. The van der Waals surface area contributed by atoms with Gasteiger partial charge in [0.2, 0.25) is 0 Å². The van der Waals surface area contributed by atoms with E-state index in [9.17, 15) is 28.1 Å². The molecule has 0 saturated heterocycles. The van der Waals surface area contributed by atoms with Gasteiger partial charge in [0, 0.05) is 17.8 Å². The molecule has 0 unspecified atom stereocenters. The van der Waals surface area contributed by atoms with Crippen LogP contribution in [0.4, 0.5) is 30.2 Å². The van der Waals surface area contributed by atoms with Crippen molar-refractivity contribution >= 4 is 23.0 Å². The van der Waals surface area contributed by atoms with Crippen molar-refractivity contribution < 1.29 is 28.0 Å². The fourth-order valence-electron chi connectivity index (χ4n) is 1.83. The van der Waals surface area contributed by atoms with Crippen molar-refractivity contribution in [2.75, 3.05) is 5.32 Å². The molecule has 0 aliphatic heterocycles. The Labute approximate surface area is 127 Å². The van der Waals surface area contributed by atoms with Gasteiger partial charge in [0.05, 0.1) is 21.7 Å².